The zero-order valence-corrected chi connectivity index (χ0v) is 18.1. The molecule has 0 spiro atoms. The van der Waals surface area contributed by atoms with E-state index in [1.807, 2.05) is 48.5 Å². The first-order valence-corrected chi connectivity index (χ1v) is 10.8. The predicted molar refractivity (Wildman–Crippen MR) is 126 cm³/mol. The third-order valence-corrected chi connectivity index (χ3v) is 5.11. The molecule has 0 unspecified atom stereocenters. The maximum absolute atomic E-state index is 13.2. The van der Waals surface area contributed by atoms with Crippen LogP contribution in [0.5, 0.6) is 0 Å². The van der Waals surface area contributed by atoms with Crippen LogP contribution in [-0.4, -0.2) is 30.4 Å². The van der Waals surface area contributed by atoms with Gasteiger partial charge in [0.15, 0.2) is 11.0 Å². The molecule has 3 aromatic rings. The molecule has 3 aromatic carbocycles. The lowest BCUT2D eigenvalue weighted by Gasteiger charge is -2.12. The van der Waals surface area contributed by atoms with Crippen LogP contribution in [0.2, 0.25) is 0 Å². The fourth-order valence-corrected chi connectivity index (χ4v) is 3.45. The van der Waals surface area contributed by atoms with Gasteiger partial charge in [0.2, 0.25) is 0 Å². The van der Waals surface area contributed by atoms with Gasteiger partial charge in [0.25, 0.3) is 0 Å². The van der Waals surface area contributed by atoms with E-state index >= 15 is 0 Å². The van der Waals surface area contributed by atoms with Gasteiger partial charge in [0, 0.05) is 16.8 Å². The molecule has 0 aliphatic carbocycles. The van der Waals surface area contributed by atoms with E-state index in [2.05, 4.69) is 15.0 Å². The van der Waals surface area contributed by atoms with Crippen LogP contribution >= 0.6 is 11.8 Å². The Balaban J connectivity index is 2.02. The molecule has 7 heteroatoms. The maximum Gasteiger partial charge on any atom is 0.412 e. The van der Waals surface area contributed by atoms with Gasteiger partial charge in [-0.25, -0.2) is 9.79 Å². The standard InChI is InChI=1S/C24H23N3O3S/c1-30-24(29)27-23(31-2)26-20-11-12-21(22(28)17-8-4-3-5-9-17)18(15-20)13-16-7-6-10-19(25)14-16/h3-12,14-15H,13,25H2,1-2H3,(H,26,27,29). The van der Waals surface area contributed by atoms with E-state index in [0.29, 0.717) is 34.1 Å². The minimum Gasteiger partial charge on any atom is -0.453 e. The van der Waals surface area contributed by atoms with Crippen molar-refractivity contribution in [3.8, 4) is 0 Å². The molecule has 0 atom stereocenters. The predicted octanol–water partition coefficient (Wildman–Crippen LogP) is 4.80. The number of carbonyl (C=O) groups is 2. The largest absolute Gasteiger partial charge is 0.453 e. The summed E-state index contributed by atoms with van der Waals surface area (Å²) < 4.78 is 4.63. The van der Waals surface area contributed by atoms with E-state index < -0.39 is 6.09 Å². The van der Waals surface area contributed by atoms with Gasteiger partial charge < -0.3 is 10.5 Å². The highest BCUT2D eigenvalue weighted by Gasteiger charge is 2.15. The smallest absolute Gasteiger partial charge is 0.412 e. The molecule has 0 aromatic heterocycles. The Hall–Kier alpha value is -3.58. The van der Waals surface area contributed by atoms with E-state index in [1.165, 1.54) is 18.9 Å². The normalized spacial score (nSPS) is 11.1. The number of hydrogen-bond acceptors (Lipinski definition) is 6. The van der Waals surface area contributed by atoms with E-state index in [-0.39, 0.29) is 5.78 Å². The number of nitrogens with two attached hydrogens (primary N) is 1. The SMILES string of the molecule is COC(=O)NC(=Nc1ccc(C(=O)c2ccccc2)c(Cc2cccc(N)c2)c1)SC. The van der Waals surface area contributed by atoms with Crippen molar-refractivity contribution < 1.29 is 14.3 Å². The van der Waals surface area contributed by atoms with Crippen molar-refractivity contribution in [1.82, 2.24) is 5.32 Å². The molecule has 1 amide bonds. The number of methoxy groups -OCH3 is 1. The number of nitrogens with one attached hydrogen (secondary N) is 1. The first kappa shape index (κ1) is 22.1. The molecule has 0 aliphatic heterocycles. The maximum atomic E-state index is 13.2. The molecule has 3 N–H and O–H groups in total. The fraction of sp³-hybridized carbons (Fsp3) is 0.125. The second-order valence-corrected chi connectivity index (χ2v) is 7.49. The van der Waals surface area contributed by atoms with Crippen molar-refractivity contribution in [3.05, 3.63) is 95.1 Å². The third-order valence-electron chi connectivity index (χ3n) is 4.53. The Morgan fingerprint density at radius 2 is 1.81 bits per heavy atom. The zero-order chi connectivity index (χ0) is 22.2. The average Bonchev–Trinajstić information content (AvgIpc) is 2.79. The van der Waals surface area contributed by atoms with Gasteiger partial charge in [-0.1, -0.05) is 54.2 Å². The highest BCUT2D eigenvalue weighted by Crippen LogP contribution is 2.25. The summed E-state index contributed by atoms with van der Waals surface area (Å²) in [5, 5.41) is 2.97. The Morgan fingerprint density at radius 1 is 1.03 bits per heavy atom. The number of thioether (sulfide) groups is 1. The summed E-state index contributed by atoms with van der Waals surface area (Å²) in [7, 11) is 1.29. The van der Waals surface area contributed by atoms with E-state index in [9.17, 15) is 9.59 Å². The lowest BCUT2D eigenvalue weighted by atomic mass is 9.93. The van der Waals surface area contributed by atoms with Crippen molar-refractivity contribution >= 4 is 40.2 Å². The number of amidine groups is 1. The van der Waals surface area contributed by atoms with Gasteiger partial charge >= 0.3 is 6.09 Å². The van der Waals surface area contributed by atoms with Crippen LogP contribution in [-0.2, 0) is 11.2 Å². The number of benzene rings is 3. The second kappa shape index (κ2) is 10.4. The van der Waals surface area contributed by atoms with Crippen LogP contribution in [0, 0.1) is 0 Å². The summed E-state index contributed by atoms with van der Waals surface area (Å²) in [6.45, 7) is 0. The van der Waals surface area contributed by atoms with Crippen LogP contribution in [0.25, 0.3) is 0 Å². The third kappa shape index (κ3) is 5.96. The quantitative estimate of drug-likeness (QED) is 0.261. The highest BCUT2D eigenvalue weighted by atomic mass is 32.2. The number of aliphatic imine (C=N–C) groups is 1. The van der Waals surface area contributed by atoms with Gasteiger partial charge in [-0.3, -0.25) is 10.1 Å². The Morgan fingerprint density at radius 3 is 2.48 bits per heavy atom. The minimum absolute atomic E-state index is 0.0622. The van der Waals surface area contributed by atoms with Gasteiger partial charge in [-0.2, -0.15) is 0 Å². The molecule has 31 heavy (non-hydrogen) atoms. The first-order chi connectivity index (χ1) is 15.0. The summed E-state index contributed by atoms with van der Waals surface area (Å²) in [6, 6.07) is 22.1. The number of nitrogen functional groups attached to an aromatic ring is 1. The van der Waals surface area contributed by atoms with Crippen LogP contribution in [0.1, 0.15) is 27.0 Å². The van der Waals surface area contributed by atoms with Gasteiger partial charge in [-0.05, 0) is 54.1 Å². The molecular weight excluding hydrogens is 410 g/mol. The highest BCUT2D eigenvalue weighted by molar-refractivity contribution is 8.13. The van der Waals surface area contributed by atoms with Crippen LogP contribution in [0.15, 0.2) is 77.8 Å². The second-order valence-electron chi connectivity index (χ2n) is 6.70. The molecule has 6 nitrogen and oxygen atoms in total. The van der Waals surface area contributed by atoms with Crippen molar-refractivity contribution in [1.29, 1.82) is 0 Å². The fourth-order valence-electron chi connectivity index (χ4n) is 3.07. The van der Waals surface area contributed by atoms with Crippen molar-refractivity contribution in [2.45, 2.75) is 6.42 Å². The molecule has 0 saturated carbocycles. The molecule has 0 radical (unpaired) electrons. The van der Waals surface area contributed by atoms with Crippen molar-refractivity contribution in [2.24, 2.45) is 4.99 Å². The number of anilines is 1. The number of ketones is 1. The lowest BCUT2D eigenvalue weighted by molar-refractivity contribution is 0.103. The molecular formula is C24H23N3O3S. The van der Waals surface area contributed by atoms with Gasteiger partial charge in [0.1, 0.15) is 0 Å². The van der Waals surface area contributed by atoms with E-state index in [0.717, 1.165) is 11.1 Å². The summed E-state index contributed by atoms with van der Waals surface area (Å²) in [6.07, 6.45) is 1.72. The van der Waals surface area contributed by atoms with E-state index in [4.69, 9.17) is 5.73 Å². The molecule has 0 saturated heterocycles. The number of amides is 1. The average molecular weight is 434 g/mol. The molecule has 0 bridgehead atoms. The Labute approximate surface area is 185 Å². The Kier molecular flexibility index (Phi) is 7.45. The monoisotopic (exact) mass is 433 g/mol. The van der Waals surface area contributed by atoms with Crippen LogP contribution in [0.4, 0.5) is 16.2 Å². The Bertz CT molecular complexity index is 1110. The number of nitrogens with zero attached hydrogens (tertiary/aromatic N) is 1. The van der Waals surface area contributed by atoms with Crippen LogP contribution < -0.4 is 11.1 Å². The van der Waals surface area contributed by atoms with Crippen molar-refractivity contribution in [3.63, 3.8) is 0 Å². The zero-order valence-electron chi connectivity index (χ0n) is 17.3. The van der Waals surface area contributed by atoms with Gasteiger partial charge in [-0.15, -0.1) is 0 Å². The molecule has 158 valence electrons. The molecule has 0 fully saturated rings. The number of rotatable bonds is 5. The molecule has 0 aliphatic rings. The lowest BCUT2D eigenvalue weighted by Crippen LogP contribution is -2.27. The van der Waals surface area contributed by atoms with Crippen LogP contribution in [0.3, 0.4) is 0 Å². The summed E-state index contributed by atoms with van der Waals surface area (Å²) >= 11 is 1.28. The topological polar surface area (TPSA) is 93.8 Å². The number of hydrogen-bond donors (Lipinski definition) is 2. The van der Waals surface area contributed by atoms with E-state index in [1.54, 1.807) is 30.5 Å². The van der Waals surface area contributed by atoms with Gasteiger partial charge in [0.05, 0.1) is 12.8 Å². The summed E-state index contributed by atoms with van der Waals surface area (Å²) in [5.41, 5.74) is 10.2. The minimum atomic E-state index is -0.594. The summed E-state index contributed by atoms with van der Waals surface area (Å²) in [4.78, 5) is 29.2. The molecule has 3 rings (SSSR count). The number of ether oxygens (including phenoxy) is 1. The molecule has 0 heterocycles. The number of carbonyl (C=O) groups excluding carboxylic acids is 2. The van der Waals surface area contributed by atoms with Crippen molar-refractivity contribution in [2.75, 3.05) is 19.1 Å². The number of alkyl carbamates (subject to hydrolysis) is 1. The first-order valence-electron chi connectivity index (χ1n) is 9.55. The summed E-state index contributed by atoms with van der Waals surface area (Å²) in [5.74, 6) is -0.0622.